The fourth-order valence-corrected chi connectivity index (χ4v) is 10.3. The monoisotopic (exact) mass is 716 g/mol. The number of ether oxygens (including phenoxy) is 2. The van der Waals surface area contributed by atoms with Crippen molar-refractivity contribution in [3.63, 3.8) is 0 Å². The van der Waals surface area contributed by atoms with Gasteiger partial charge in [-0.05, 0) is 105 Å². The molecule has 4 bridgehead atoms. The van der Waals surface area contributed by atoms with Crippen LogP contribution in [0.3, 0.4) is 0 Å². The number of carbonyl (C=O) groups excluding carboxylic acids is 1. The van der Waals surface area contributed by atoms with E-state index in [0.717, 1.165) is 85.4 Å². The lowest BCUT2D eigenvalue weighted by atomic mass is 9.53. The number of carbonyl (C=O) groups is 1. The van der Waals surface area contributed by atoms with Crippen molar-refractivity contribution in [2.24, 2.45) is 17.8 Å². The number of aliphatic hydroxyl groups is 1. The molecule has 2 aromatic carbocycles. The SMILES string of the molecule is CCCCCCCCN(CCCCCCCC)CC1CC(c2ccc(CO)cc2)OC(c2cccc(NC(=O)NC34CC5CC(CC(C5)C3)C4)c2)O1. The first-order chi connectivity index (χ1) is 25.4. The molecule has 7 nitrogen and oxygen atoms in total. The van der Waals surface area contributed by atoms with Crippen molar-refractivity contribution >= 4 is 11.7 Å². The lowest BCUT2D eigenvalue weighted by Gasteiger charge is -2.56. The van der Waals surface area contributed by atoms with Gasteiger partial charge in [0.05, 0.1) is 18.8 Å². The molecule has 0 radical (unpaired) electrons. The van der Waals surface area contributed by atoms with E-state index in [-0.39, 0.29) is 30.4 Å². The summed E-state index contributed by atoms with van der Waals surface area (Å²) in [4.78, 5) is 16.1. The van der Waals surface area contributed by atoms with Gasteiger partial charge in [-0.15, -0.1) is 0 Å². The molecule has 5 fully saturated rings. The zero-order valence-corrected chi connectivity index (χ0v) is 32.5. The molecule has 1 saturated heterocycles. The minimum atomic E-state index is -0.542. The van der Waals surface area contributed by atoms with E-state index in [0.29, 0.717) is 0 Å². The number of benzene rings is 2. The van der Waals surface area contributed by atoms with Gasteiger partial charge in [0.25, 0.3) is 0 Å². The van der Waals surface area contributed by atoms with Gasteiger partial charge in [0.1, 0.15) is 0 Å². The summed E-state index contributed by atoms with van der Waals surface area (Å²) in [6.07, 6.45) is 23.2. The van der Waals surface area contributed by atoms with Crippen LogP contribution in [-0.2, 0) is 16.1 Å². The molecule has 3 atom stereocenters. The number of hydrogen-bond acceptors (Lipinski definition) is 5. The molecule has 4 aliphatic carbocycles. The molecule has 1 aliphatic heterocycles. The molecule has 5 aliphatic rings. The third-order valence-electron chi connectivity index (χ3n) is 12.6. The van der Waals surface area contributed by atoms with Crippen LogP contribution in [-0.4, -0.2) is 47.3 Å². The van der Waals surface area contributed by atoms with E-state index in [1.165, 1.54) is 96.3 Å². The highest BCUT2D eigenvalue weighted by Gasteiger charge is 2.51. The summed E-state index contributed by atoms with van der Waals surface area (Å²) < 4.78 is 13.6. The predicted octanol–water partition coefficient (Wildman–Crippen LogP) is 10.8. The van der Waals surface area contributed by atoms with Crippen LogP contribution in [0.15, 0.2) is 48.5 Å². The molecule has 0 spiro atoms. The van der Waals surface area contributed by atoms with Crippen LogP contribution in [0.25, 0.3) is 0 Å². The number of aliphatic hydroxyl groups excluding tert-OH is 1. The van der Waals surface area contributed by atoms with E-state index in [4.69, 9.17) is 9.47 Å². The van der Waals surface area contributed by atoms with Gasteiger partial charge in [0.2, 0.25) is 0 Å². The average molecular weight is 716 g/mol. The third kappa shape index (κ3) is 11.3. The normalized spacial score (nSPS) is 28.0. The van der Waals surface area contributed by atoms with Crippen molar-refractivity contribution in [2.75, 3.05) is 25.0 Å². The van der Waals surface area contributed by atoms with Crippen molar-refractivity contribution in [1.82, 2.24) is 10.2 Å². The van der Waals surface area contributed by atoms with Crippen molar-refractivity contribution in [3.8, 4) is 0 Å². The average Bonchev–Trinajstić information content (AvgIpc) is 3.13. The van der Waals surface area contributed by atoms with Gasteiger partial charge in [0.15, 0.2) is 6.29 Å². The molecule has 3 unspecified atom stereocenters. The topological polar surface area (TPSA) is 83.1 Å². The highest BCUT2D eigenvalue weighted by Crippen LogP contribution is 2.55. The summed E-state index contributed by atoms with van der Waals surface area (Å²) in [6.45, 7) is 7.71. The molecular formula is C45H69N3O4. The van der Waals surface area contributed by atoms with E-state index >= 15 is 0 Å². The van der Waals surface area contributed by atoms with Crippen LogP contribution in [0, 0.1) is 17.8 Å². The standard InChI is InChI=1S/C45H69N3O4/c1-3-5-7-9-11-13-22-48(23-14-12-10-8-6-4-2)32-41-28-42(38-20-18-34(33-49)19-21-38)52-43(51-41)39-16-15-17-40(27-39)46-44(50)47-45-29-35-24-36(30-45)26-37(25-35)31-45/h15-21,27,35-37,41-43,49H,3-14,22-26,28-33H2,1-2H3,(H2,46,47,50). The highest BCUT2D eigenvalue weighted by molar-refractivity contribution is 5.90. The molecule has 1 heterocycles. The van der Waals surface area contributed by atoms with Crippen molar-refractivity contribution in [3.05, 3.63) is 65.2 Å². The summed E-state index contributed by atoms with van der Waals surface area (Å²) in [6, 6.07) is 16.1. The lowest BCUT2D eigenvalue weighted by molar-refractivity contribution is -0.253. The summed E-state index contributed by atoms with van der Waals surface area (Å²) in [5.74, 6) is 2.34. The summed E-state index contributed by atoms with van der Waals surface area (Å²) in [5, 5.41) is 16.3. The van der Waals surface area contributed by atoms with Gasteiger partial charge >= 0.3 is 6.03 Å². The number of anilines is 1. The van der Waals surface area contributed by atoms with E-state index in [2.05, 4.69) is 47.6 Å². The Morgan fingerprint density at radius 1 is 0.750 bits per heavy atom. The Morgan fingerprint density at radius 3 is 1.94 bits per heavy atom. The predicted molar refractivity (Wildman–Crippen MR) is 211 cm³/mol. The van der Waals surface area contributed by atoms with Gasteiger partial charge in [-0.1, -0.05) is 114 Å². The Bertz CT molecular complexity index is 1310. The smallest absolute Gasteiger partial charge is 0.319 e. The molecule has 3 N–H and O–H groups in total. The molecule has 288 valence electrons. The van der Waals surface area contributed by atoms with E-state index in [9.17, 15) is 9.90 Å². The maximum Gasteiger partial charge on any atom is 0.319 e. The molecule has 7 rings (SSSR count). The Morgan fingerprint density at radius 2 is 1.35 bits per heavy atom. The second-order valence-electron chi connectivity index (χ2n) is 17.1. The summed E-state index contributed by atoms with van der Waals surface area (Å²) >= 11 is 0. The van der Waals surface area contributed by atoms with Crippen molar-refractivity contribution in [1.29, 1.82) is 0 Å². The van der Waals surface area contributed by atoms with Crippen LogP contribution in [0.4, 0.5) is 10.5 Å². The minimum absolute atomic E-state index is 0.0115. The maximum absolute atomic E-state index is 13.5. The fourth-order valence-electron chi connectivity index (χ4n) is 10.3. The fraction of sp³-hybridized carbons (Fsp3) is 0.711. The number of unbranched alkanes of at least 4 members (excludes halogenated alkanes) is 10. The molecule has 4 saturated carbocycles. The van der Waals surface area contributed by atoms with Gasteiger partial charge in [0, 0.05) is 29.8 Å². The zero-order valence-electron chi connectivity index (χ0n) is 32.5. The van der Waals surface area contributed by atoms with E-state index in [1.807, 2.05) is 30.3 Å². The van der Waals surface area contributed by atoms with E-state index in [1.54, 1.807) is 0 Å². The van der Waals surface area contributed by atoms with Crippen LogP contribution in [0.5, 0.6) is 0 Å². The summed E-state index contributed by atoms with van der Waals surface area (Å²) in [7, 11) is 0. The Balaban J connectivity index is 1.12. The minimum Gasteiger partial charge on any atom is -0.392 e. The lowest BCUT2D eigenvalue weighted by Crippen LogP contribution is -2.60. The summed E-state index contributed by atoms with van der Waals surface area (Å²) in [5.41, 5.74) is 3.67. The third-order valence-corrected chi connectivity index (χ3v) is 12.6. The van der Waals surface area contributed by atoms with E-state index < -0.39 is 6.29 Å². The Labute approximate surface area is 315 Å². The van der Waals surface area contributed by atoms with Crippen LogP contribution >= 0.6 is 0 Å². The maximum atomic E-state index is 13.5. The second-order valence-corrected chi connectivity index (χ2v) is 17.1. The second kappa shape index (κ2) is 19.8. The first-order valence-electron chi connectivity index (χ1n) is 21.4. The molecule has 2 aromatic rings. The Hall–Kier alpha value is -2.45. The molecule has 7 heteroatoms. The zero-order chi connectivity index (χ0) is 36.2. The first kappa shape index (κ1) is 39.2. The van der Waals surface area contributed by atoms with Gasteiger partial charge in [-0.3, -0.25) is 0 Å². The Kier molecular flexibility index (Phi) is 14.9. The number of nitrogens with zero attached hydrogens (tertiary/aromatic N) is 1. The highest BCUT2D eigenvalue weighted by atomic mass is 16.7. The molecule has 52 heavy (non-hydrogen) atoms. The van der Waals surface area contributed by atoms with Crippen molar-refractivity contribution < 1.29 is 19.4 Å². The van der Waals surface area contributed by atoms with Crippen LogP contribution in [0.1, 0.15) is 165 Å². The van der Waals surface area contributed by atoms with Crippen molar-refractivity contribution in [2.45, 2.75) is 166 Å². The number of amides is 2. The number of rotatable bonds is 21. The molecule has 2 amide bonds. The first-order valence-corrected chi connectivity index (χ1v) is 21.4. The van der Waals surface area contributed by atoms with Gasteiger partial charge < -0.3 is 30.1 Å². The number of hydrogen-bond donors (Lipinski definition) is 3. The van der Waals surface area contributed by atoms with Gasteiger partial charge in [-0.2, -0.15) is 0 Å². The number of urea groups is 1. The van der Waals surface area contributed by atoms with Gasteiger partial charge in [-0.25, -0.2) is 4.79 Å². The van der Waals surface area contributed by atoms with Crippen LogP contribution in [0.2, 0.25) is 0 Å². The largest absolute Gasteiger partial charge is 0.392 e. The quantitative estimate of drug-likeness (QED) is 0.112. The van der Waals surface area contributed by atoms with Crippen LogP contribution < -0.4 is 10.6 Å². The number of nitrogens with one attached hydrogen (secondary N) is 2. The molecule has 0 aromatic heterocycles. The molecular weight excluding hydrogens is 647 g/mol.